The summed E-state index contributed by atoms with van der Waals surface area (Å²) in [5, 5.41) is 23.7. The number of aliphatic carboxylic acids is 1. The first kappa shape index (κ1) is 21.3. The number of nitrogens with one attached hydrogen (secondary N) is 1. The fourth-order valence-corrected chi connectivity index (χ4v) is 3.12. The Morgan fingerprint density at radius 2 is 1.97 bits per heavy atom. The van der Waals surface area contributed by atoms with Crippen LogP contribution in [0.25, 0.3) is 5.69 Å². The summed E-state index contributed by atoms with van der Waals surface area (Å²) in [5.74, 6) is -1.18. The smallest absolute Gasteiger partial charge is 0.326 e. The Balaban J connectivity index is 1.68. The first-order valence-electron chi connectivity index (χ1n) is 9.29. The highest BCUT2D eigenvalue weighted by atomic mass is 32.1. The van der Waals surface area contributed by atoms with Gasteiger partial charge in [0, 0.05) is 24.3 Å². The number of hydrogen-bond acceptors (Lipinski definition) is 7. The summed E-state index contributed by atoms with van der Waals surface area (Å²) in [6.45, 7) is 3.82. The zero-order valence-corrected chi connectivity index (χ0v) is 17.5. The van der Waals surface area contributed by atoms with Gasteiger partial charge in [0.05, 0.1) is 5.69 Å². The van der Waals surface area contributed by atoms with Crippen LogP contribution in [0.15, 0.2) is 53.7 Å². The van der Waals surface area contributed by atoms with Crippen LogP contribution in [0.1, 0.15) is 18.9 Å². The van der Waals surface area contributed by atoms with Gasteiger partial charge < -0.3 is 15.3 Å². The molecule has 30 heavy (non-hydrogen) atoms. The summed E-state index contributed by atoms with van der Waals surface area (Å²) in [5.41, 5.74) is 3.06. The van der Waals surface area contributed by atoms with Gasteiger partial charge >= 0.3 is 5.97 Å². The summed E-state index contributed by atoms with van der Waals surface area (Å²) in [6, 6.07) is 13.8. The van der Waals surface area contributed by atoms with Crippen molar-refractivity contribution in [3.05, 3.63) is 54.1 Å². The molecule has 3 rings (SSSR count). The maximum absolute atomic E-state index is 12.5. The van der Waals surface area contributed by atoms with Crippen molar-refractivity contribution in [2.24, 2.45) is 0 Å². The Labute approximate surface area is 179 Å². The van der Waals surface area contributed by atoms with Gasteiger partial charge in [-0.1, -0.05) is 23.8 Å². The number of carboxylic acids is 1. The van der Waals surface area contributed by atoms with Crippen molar-refractivity contribution in [3.63, 3.8) is 0 Å². The van der Waals surface area contributed by atoms with Crippen molar-refractivity contribution in [1.82, 2.24) is 20.2 Å². The molecule has 2 aromatic carbocycles. The molecule has 1 aromatic heterocycles. The average Bonchev–Trinajstić information content (AvgIpc) is 3.15. The minimum absolute atomic E-state index is 0.123. The van der Waals surface area contributed by atoms with Crippen LogP contribution in [-0.2, 0) is 9.59 Å². The van der Waals surface area contributed by atoms with Gasteiger partial charge in [0.1, 0.15) is 6.04 Å². The fourth-order valence-electron chi connectivity index (χ4n) is 2.93. The van der Waals surface area contributed by atoms with Crippen LogP contribution in [0.2, 0.25) is 0 Å². The molecule has 1 heterocycles. The zero-order valence-electron chi connectivity index (χ0n) is 16.6. The maximum atomic E-state index is 12.5. The van der Waals surface area contributed by atoms with Gasteiger partial charge in [0.15, 0.2) is 0 Å². The van der Waals surface area contributed by atoms with Gasteiger partial charge in [-0.25, -0.2) is 4.79 Å². The summed E-state index contributed by atoms with van der Waals surface area (Å²) in [7, 11) is 0. The lowest BCUT2D eigenvalue weighted by molar-refractivity contribution is -0.138. The van der Waals surface area contributed by atoms with E-state index in [4.69, 9.17) is 0 Å². The van der Waals surface area contributed by atoms with E-state index in [9.17, 15) is 14.7 Å². The van der Waals surface area contributed by atoms with E-state index in [2.05, 4.69) is 33.5 Å². The number of aromatic nitrogens is 4. The van der Waals surface area contributed by atoms with E-state index in [1.807, 2.05) is 31.2 Å². The number of benzene rings is 2. The number of rotatable bonds is 8. The second kappa shape index (κ2) is 9.40. The summed E-state index contributed by atoms with van der Waals surface area (Å²) >= 11 is 4.18. The van der Waals surface area contributed by atoms with Crippen LogP contribution in [0.4, 0.5) is 11.4 Å². The van der Waals surface area contributed by atoms with E-state index in [0.29, 0.717) is 16.5 Å². The van der Waals surface area contributed by atoms with E-state index in [1.54, 1.807) is 36.1 Å². The van der Waals surface area contributed by atoms with Crippen LogP contribution < -0.4 is 10.2 Å². The van der Waals surface area contributed by atoms with Gasteiger partial charge in [0.2, 0.25) is 11.1 Å². The van der Waals surface area contributed by atoms with Gasteiger partial charge in [-0.05, 0) is 54.6 Å². The van der Waals surface area contributed by atoms with Crippen LogP contribution in [0.3, 0.4) is 0 Å². The van der Waals surface area contributed by atoms with Gasteiger partial charge in [0.25, 0.3) is 0 Å². The highest BCUT2D eigenvalue weighted by Gasteiger charge is 2.21. The maximum Gasteiger partial charge on any atom is 0.326 e. The third-order valence-corrected chi connectivity index (χ3v) is 4.88. The molecule has 0 spiro atoms. The Hall–Kier alpha value is -3.40. The number of thiol groups is 1. The van der Waals surface area contributed by atoms with Gasteiger partial charge in [-0.2, -0.15) is 4.68 Å². The predicted molar refractivity (Wildman–Crippen MR) is 115 cm³/mol. The van der Waals surface area contributed by atoms with Crippen LogP contribution in [0.5, 0.6) is 0 Å². The van der Waals surface area contributed by atoms with Gasteiger partial charge in [-0.15, -0.1) is 17.7 Å². The number of carbonyl (C=O) groups is 2. The summed E-state index contributed by atoms with van der Waals surface area (Å²) in [4.78, 5) is 25.7. The number of nitrogens with zero attached hydrogens (tertiary/aromatic N) is 5. The van der Waals surface area contributed by atoms with Crippen molar-refractivity contribution in [1.29, 1.82) is 0 Å². The molecule has 1 unspecified atom stereocenters. The van der Waals surface area contributed by atoms with Crippen molar-refractivity contribution in [3.8, 4) is 5.69 Å². The van der Waals surface area contributed by atoms with Crippen molar-refractivity contribution in [2.45, 2.75) is 31.5 Å². The molecule has 0 saturated heterocycles. The van der Waals surface area contributed by atoms with Crippen LogP contribution >= 0.6 is 12.6 Å². The third kappa shape index (κ3) is 5.15. The molecule has 156 valence electrons. The highest BCUT2D eigenvalue weighted by molar-refractivity contribution is 7.80. The monoisotopic (exact) mass is 426 g/mol. The SMILES string of the molecule is Cc1ccc(N(CCC(=O)Nc2cccc(-n3nnnc3S)c2)C(C)C(=O)O)cc1. The molecule has 0 aliphatic carbocycles. The number of hydrogen-bond donors (Lipinski definition) is 3. The molecule has 0 fully saturated rings. The lowest BCUT2D eigenvalue weighted by atomic mass is 10.1. The number of aryl methyl sites for hydroxylation is 1. The zero-order chi connectivity index (χ0) is 21.7. The fraction of sp³-hybridized carbons (Fsp3) is 0.250. The molecule has 0 aliphatic rings. The molecule has 10 heteroatoms. The Morgan fingerprint density at radius 1 is 1.23 bits per heavy atom. The Morgan fingerprint density at radius 3 is 2.60 bits per heavy atom. The molecule has 0 saturated carbocycles. The van der Waals surface area contributed by atoms with E-state index in [-0.39, 0.29) is 18.9 Å². The van der Waals surface area contributed by atoms with Crippen LogP contribution in [-0.4, -0.2) is 49.8 Å². The molecule has 1 atom stereocenters. The second-order valence-electron chi connectivity index (χ2n) is 6.78. The number of anilines is 2. The van der Waals surface area contributed by atoms with Crippen molar-refractivity contribution in [2.75, 3.05) is 16.8 Å². The van der Waals surface area contributed by atoms with Crippen molar-refractivity contribution < 1.29 is 14.7 Å². The largest absolute Gasteiger partial charge is 0.480 e. The molecule has 2 N–H and O–H groups in total. The first-order chi connectivity index (χ1) is 14.3. The minimum Gasteiger partial charge on any atom is -0.480 e. The van der Waals surface area contributed by atoms with Crippen LogP contribution in [0, 0.1) is 6.92 Å². The summed E-state index contributed by atoms with van der Waals surface area (Å²) in [6.07, 6.45) is 0.123. The molecular weight excluding hydrogens is 404 g/mol. The predicted octanol–water partition coefficient (Wildman–Crippen LogP) is 2.57. The molecule has 0 radical (unpaired) electrons. The normalized spacial score (nSPS) is 11.7. The lowest BCUT2D eigenvalue weighted by Gasteiger charge is -2.28. The van der Waals surface area contributed by atoms with Crippen molar-refractivity contribution >= 4 is 35.9 Å². The number of amides is 1. The summed E-state index contributed by atoms with van der Waals surface area (Å²) < 4.78 is 1.44. The van der Waals surface area contributed by atoms with E-state index < -0.39 is 12.0 Å². The first-order valence-corrected chi connectivity index (χ1v) is 9.73. The number of tetrazole rings is 1. The molecule has 0 aliphatic heterocycles. The van der Waals surface area contributed by atoms with E-state index >= 15 is 0 Å². The van der Waals surface area contributed by atoms with E-state index in [0.717, 1.165) is 11.3 Å². The number of carboxylic acid groups (broad SMARTS) is 1. The lowest BCUT2D eigenvalue weighted by Crippen LogP contribution is -2.40. The standard InChI is InChI=1S/C20H22N6O3S/c1-13-6-8-16(9-7-13)25(14(2)19(28)29)11-10-18(27)21-15-4-3-5-17(12-15)26-20(30)22-23-24-26/h3-9,12,14H,10-11H2,1-2H3,(H,21,27)(H,28,29)(H,22,24,30). The Bertz CT molecular complexity index is 1040. The molecule has 0 bridgehead atoms. The molecule has 1 amide bonds. The van der Waals surface area contributed by atoms with Gasteiger partial charge in [-0.3, -0.25) is 4.79 Å². The number of carbonyl (C=O) groups excluding carboxylic acids is 1. The average molecular weight is 427 g/mol. The Kier molecular flexibility index (Phi) is 6.68. The highest BCUT2D eigenvalue weighted by Crippen LogP contribution is 2.20. The topological polar surface area (TPSA) is 113 Å². The second-order valence-corrected chi connectivity index (χ2v) is 7.18. The van der Waals surface area contributed by atoms with E-state index in [1.165, 1.54) is 4.68 Å². The molecule has 3 aromatic rings. The quantitative estimate of drug-likeness (QED) is 0.475. The molecule has 9 nitrogen and oxygen atoms in total. The third-order valence-electron chi connectivity index (χ3n) is 4.60. The minimum atomic E-state index is -0.951. The molecular formula is C20H22N6O3S.